The van der Waals surface area contributed by atoms with Crippen LogP contribution < -0.4 is 10.6 Å². The molecule has 0 aromatic heterocycles. The molecule has 2 nitrogen and oxygen atoms in total. The second kappa shape index (κ2) is 5.82. The molecule has 1 atom stereocenters. The Morgan fingerprint density at radius 2 is 2.05 bits per heavy atom. The first-order valence-electron chi connectivity index (χ1n) is 6.56. The van der Waals surface area contributed by atoms with Crippen LogP contribution in [0.1, 0.15) is 31.7 Å². The number of halogens is 2. The number of rotatable bonds is 3. The smallest absolute Gasteiger partial charge is 0.150 e. The maximum atomic E-state index is 14.1. The highest BCUT2D eigenvalue weighted by Gasteiger charge is 2.24. The summed E-state index contributed by atoms with van der Waals surface area (Å²) in [6, 6.07) is 2.44. The minimum Gasteiger partial charge on any atom is -0.389 e. The summed E-state index contributed by atoms with van der Waals surface area (Å²) in [4.78, 5) is 1.81. The highest BCUT2D eigenvalue weighted by atomic mass is 32.1. The number of benzene rings is 1. The molecule has 0 aliphatic carbocycles. The van der Waals surface area contributed by atoms with Gasteiger partial charge in [0.1, 0.15) is 22.3 Å². The molecule has 1 aromatic carbocycles. The summed E-state index contributed by atoms with van der Waals surface area (Å²) in [6.45, 7) is 3.50. The standard InChI is InChI=1S/C14H18F2N2S/c1-2-9-4-3-5-18(8-9)13-11(15)6-10(14(17)19)7-12(13)16/h6-7,9H,2-5,8H2,1H3,(H2,17,19). The molecule has 1 aliphatic heterocycles. The molecule has 2 rings (SSSR count). The van der Waals surface area contributed by atoms with Gasteiger partial charge in [-0.05, 0) is 30.9 Å². The average Bonchev–Trinajstić information content (AvgIpc) is 2.38. The lowest BCUT2D eigenvalue weighted by Gasteiger charge is -2.34. The number of nitrogens with two attached hydrogens (primary N) is 1. The normalized spacial score (nSPS) is 19.5. The van der Waals surface area contributed by atoms with Crippen molar-refractivity contribution in [1.29, 1.82) is 0 Å². The third-order valence-electron chi connectivity index (χ3n) is 3.71. The molecule has 19 heavy (non-hydrogen) atoms. The van der Waals surface area contributed by atoms with Gasteiger partial charge < -0.3 is 10.6 Å². The first-order valence-corrected chi connectivity index (χ1v) is 6.97. The fraction of sp³-hybridized carbons (Fsp3) is 0.500. The molecule has 5 heteroatoms. The highest BCUT2D eigenvalue weighted by molar-refractivity contribution is 7.80. The van der Waals surface area contributed by atoms with Crippen LogP contribution in [0.5, 0.6) is 0 Å². The van der Waals surface area contributed by atoms with Gasteiger partial charge in [0.25, 0.3) is 0 Å². The molecule has 1 aliphatic rings. The van der Waals surface area contributed by atoms with E-state index in [2.05, 4.69) is 6.92 Å². The first kappa shape index (κ1) is 14.2. The number of thiocarbonyl (C=S) groups is 1. The van der Waals surface area contributed by atoms with E-state index in [1.54, 1.807) is 4.90 Å². The Morgan fingerprint density at radius 1 is 1.42 bits per heavy atom. The number of hydrogen-bond donors (Lipinski definition) is 1. The van der Waals surface area contributed by atoms with E-state index in [0.29, 0.717) is 19.0 Å². The van der Waals surface area contributed by atoms with Gasteiger partial charge in [-0.15, -0.1) is 0 Å². The molecular formula is C14H18F2N2S. The Balaban J connectivity index is 2.31. The van der Waals surface area contributed by atoms with Gasteiger partial charge in [-0.3, -0.25) is 0 Å². The van der Waals surface area contributed by atoms with Crippen molar-refractivity contribution < 1.29 is 8.78 Å². The molecule has 0 amide bonds. The first-order chi connectivity index (χ1) is 9.02. The minimum atomic E-state index is -0.584. The van der Waals surface area contributed by atoms with E-state index in [4.69, 9.17) is 18.0 Å². The number of anilines is 1. The molecule has 0 saturated carbocycles. The van der Waals surface area contributed by atoms with E-state index >= 15 is 0 Å². The predicted octanol–water partition coefficient (Wildman–Crippen LogP) is 3.23. The van der Waals surface area contributed by atoms with Crippen molar-refractivity contribution in [2.24, 2.45) is 11.7 Å². The van der Waals surface area contributed by atoms with Crippen molar-refractivity contribution in [2.75, 3.05) is 18.0 Å². The van der Waals surface area contributed by atoms with Crippen molar-refractivity contribution in [3.05, 3.63) is 29.3 Å². The van der Waals surface area contributed by atoms with Crippen molar-refractivity contribution in [3.8, 4) is 0 Å². The third-order valence-corrected chi connectivity index (χ3v) is 3.95. The fourth-order valence-electron chi connectivity index (χ4n) is 2.61. The molecule has 0 radical (unpaired) electrons. The van der Waals surface area contributed by atoms with Gasteiger partial charge in [-0.2, -0.15) is 0 Å². The summed E-state index contributed by atoms with van der Waals surface area (Å²) in [7, 11) is 0. The SMILES string of the molecule is CCC1CCCN(c2c(F)cc(C(N)=S)cc2F)C1. The lowest BCUT2D eigenvalue weighted by Crippen LogP contribution is -2.36. The topological polar surface area (TPSA) is 29.3 Å². The van der Waals surface area contributed by atoms with Gasteiger partial charge >= 0.3 is 0 Å². The average molecular weight is 284 g/mol. The van der Waals surface area contributed by atoms with Crippen LogP contribution in [0.15, 0.2) is 12.1 Å². The van der Waals surface area contributed by atoms with Gasteiger partial charge in [-0.1, -0.05) is 25.6 Å². The zero-order valence-electron chi connectivity index (χ0n) is 11.0. The highest BCUT2D eigenvalue weighted by Crippen LogP contribution is 2.30. The molecule has 1 saturated heterocycles. The van der Waals surface area contributed by atoms with Crippen molar-refractivity contribution in [3.63, 3.8) is 0 Å². The van der Waals surface area contributed by atoms with E-state index in [9.17, 15) is 8.78 Å². The van der Waals surface area contributed by atoms with Crippen LogP contribution in [-0.4, -0.2) is 18.1 Å². The zero-order valence-corrected chi connectivity index (χ0v) is 11.8. The van der Waals surface area contributed by atoms with E-state index in [1.807, 2.05) is 0 Å². The van der Waals surface area contributed by atoms with Crippen LogP contribution in [0, 0.1) is 17.6 Å². The van der Waals surface area contributed by atoms with Crippen molar-refractivity contribution in [2.45, 2.75) is 26.2 Å². The molecule has 0 spiro atoms. The summed E-state index contributed by atoms with van der Waals surface area (Å²) in [5, 5.41) is 0. The van der Waals surface area contributed by atoms with Crippen LogP contribution in [0.4, 0.5) is 14.5 Å². The lowest BCUT2D eigenvalue weighted by molar-refractivity contribution is 0.398. The Morgan fingerprint density at radius 3 is 2.58 bits per heavy atom. The third kappa shape index (κ3) is 3.03. The lowest BCUT2D eigenvalue weighted by atomic mass is 9.95. The van der Waals surface area contributed by atoms with Gasteiger partial charge in [0.2, 0.25) is 0 Å². The Kier molecular flexibility index (Phi) is 4.34. The molecule has 1 unspecified atom stereocenters. The monoisotopic (exact) mass is 284 g/mol. The van der Waals surface area contributed by atoms with E-state index in [0.717, 1.165) is 19.3 Å². The predicted molar refractivity (Wildman–Crippen MR) is 77.5 cm³/mol. The van der Waals surface area contributed by atoms with E-state index < -0.39 is 11.6 Å². The van der Waals surface area contributed by atoms with Crippen LogP contribution in [0.25, 0.3) is 0 Å². The summed E-state index contributed by atoms with van der Waals surface area (Å²) in [6.07, 6.45) is 3.13. The van der Waals surface area contributed by atoms with Gasteiger partial charge in [0, 0.05) is 18.7 Å². The summed E-state index contributed by atoms with van der Waals surface area (Å²) >= 11 is 4.75. The minimum absolute atomic E-state index is 0.00873. The van der Waals surface area contributed by atoms with Crippen LogP contribution in [-0.2, 0) is 0 Å². The van der Waals surface area contributed by atoms with Crippen LogP contribution in [0.3, 0.4) is 0 Å². The molecule has 1 heterocycles. The summed E-state index contributed by atoms with van der Waals surface area (Å²) in [5.74, 6) is -0.665. The maximum Gasteiger partial charge on any atom is 0.150 e. The van der Waals surface area contributed by atoms with Gasteiger partial charge in [0.15, 0.2) is 0 Å². The fourth-order valence-corrected chi connectivity index (χ4v) is 2.73. The van der Waals surface area contributed by atoms with Crippen molar-refractivity contribution >= 4 is 22.9 Å². The quantitative estimate of drug-likeness (QED) is 0.864. The maximum absolute atomic E-state index is 14.1. The van der Waals surface area contributed by atoms with Gasteiger partial charge in [-0.25, -0.2) is 8.78 Å². The van der Waals surface area contributed by atoms with Gasteiger partial charge in [0.05, 0.1) is 0 Å². The Hall–Kier alpha value is -1.23. The molecule has 104 valence electrons. The molecule has 1 fully saturated rings. The second-order valence-electron chi connectivity index (χ2n) is 5.02. The van der Waals surface area contributed by atoms with Crippen LogP contribution in [0.2, 0.25) is 0 Å². The molecular weight excluding hydrogens is 266 g/mol. The van der Waals surface area contributed by atoms with E-state index in [-0.39, 0.29) is 16.2 Å². The second-order valence-corrected chi connectivity index (χ2v) is 5.46. The summed E-state index contributed by atoms with van der Waals surface area (Å²) in [5.41, 5.74) is 5.70. The summed E-state index contributed by atoms with van der Waals surface area (Å²) < 4.78 is 28.2. The number of hydrogen-bond acceptors (Lipinski definition) is 2. The zero-order chi connectivity index (χ0) is 14.0. The molecule has 2 N–H and O–H groups in total. The van der Waals surface area contributed by atoms with Crippen LogP contribution >= 0.6 is 12.2 Å². The number of nitrogens with zero attached hydrogens (tertiary/aromatic N) is 1. The molecule has 1 aromatic rings. The largest absolute Gasteiger partial charge is 0.389 e. The Bertz CT molecular complexity index is 467. The van der Waals surface area contributed by atoms with E-state index in [1.165, 1.54) is 12.1 Å². The molecule has 0 bridgehead atoms. The number of piperidine rings is 1. The van der Waals surface area contributed by atoms with Crippen molar-refractivity contribution in [1.82, 2.24) is 0 Å². The Labute approximate surface area is 117 Å².